The Morgan fingerprint density at radius 1 is 0.962 bits per heavy atom. The van der Waals surface area contributed by atoms with Gasteiger partial charge in [0.2, 0.25) is 0 Å². The van der Waals surface area contributed by atoms with Gasteiger partial charge in [0.25, 0.3) is 0 Å². The molecule has 0 radical (unpaired) electrons. The Morgan fingerprint density at radius 3 is 2.12 bits per heavy atom. The van der Waals surface area contributed by atoms with Crippen LogP contribution in [0.1, 0.15) is 31.9 Å². The molecule has 0 unspecified atom stereocenters. The fraction of sp³-hybridized carbons (Fsp3) is 0.238. The quantitative estimate of drug-likeness (QED) is 0.643. The van der Waals surface area contributed by atoms with Gasteiger partial charge in [-0.05, 0) is 38.0 Å². The zero-order valence-electron chi connectivity index (χ0n) is 15.2. The number of carbonyl (C=O) groups excluding carboxylic acids is 2. The number of benzene rings is 2. The topological polar surface area (TPSA) is 64.6 Å². The Labute approximate surface area is 153 Å². The minimum atomic E-state index is -0.712. The fourth-order valence-electron chi connectivity index (χ4n) is 2.08. The highest BCUT2D eigenvalue weighted by atomic mass is 16.6. The van der Waals surface area contributed by atoms with Gasteiger partial charge in [-0.3, -0.25) is 5.32 Å². The molecule has 0 aliphatic rings. The van der Waals surface area contributed by atoms with E-state index in [0.29, 0.717) is 0 Å². The third-order valence-corrected chi connectivity index (χ3v) is 3.18. The minimum absolute atomic E-state index is 0.0152. The molecular formula is C21H23NO4. The molecule has 0 aromatic heterocycles. The summed E-state index contributed by atoms with van der Waals surface area (Å²) in [6.07, 6.45) is 0.841. The van der Waals surface area contributed by atoms with Gasteiger partial charge in [-0.1, -0.05) is 60.7 Å². The third-order valence-electron chi connectivity index (χ3n) is 3.18. The summed E-state index contributed by atoms with van der Waals surface area (Å²) in [5.41, 5.74) is 0.962. The molecule has 26 heavy (non-hydrogen) atoms. The van der Waals surface area contributed by atoms with E-state index in [-0.39, 0.29) is 12.3 Å². The van der Waals surface area contributed by atoms with Crippen molar-refractivity contribution in [2.45, 2.75) is 33.0 Å². The van der Waals surface area contributed by atoms with Crippen molar-refractivity contribution in [3.05, 3.63) is 77.5 Å². The normalized spacial score (nSPS) is 11.6. The lowest BCUT2D eigenvalue weighted by atomic mass is 10.2. The monoisotopic (exact) mass is 353 g/mol. The molecule has 1 amide bonds. The second-order valence-corrected chi connectivity index (χ2v) is 6.66. The van der Waals surface area contributed by atoms with Crippen LogP contribution in [0.25, 0.3) is 6.08 Å². The number of hydrogen-bond donors (Lipinski definition) is 1. The van der Waals surface area contributed by atoms with Crippen LogP contribution in [0.3, 0.4) is 0 Å². The number of carbonyl (C=O) groups is 2. The summed E-state index contributed by atoms with van der Waals surface area (Å²) in [5.74, 6) is -0.636. The summed E-state index contributed by atoms with van der Waals surface area (Å²) in [6.45, 7) is 5.37. The Kier molecular flexibility index (Phi) is 6.55. The summed E-state index contributed by atoms with van der Waals surface area (Å²) >= 11 is 0. The van der Waals surface area contributed by atoms with Crippen molar-refractivity contribution in [1.82, 2.24) is 5.32 Å². The predicted molar refractivity (Wildman–Crippen MR) is 100 cm³/mol. The van der Waals surface area contributed by atoms with Crippen LogP contribution in [0.4, 0.5) is 4.79 Å². The summed E-state index contributed by atoms with van der Waals surface area (Å²) in [4.78, 5) is 24.5. The van der Waals surface area contributed by atoms with Crippen LogP contribution in [0.15, 0.2) is 66.4 Å². The zero-order chi connectivity index (χ0) is 19.0. The molecule has 2 rings (SSSR count). The highest BCUT2D eigenvalue weighted by Crippen LogP contribution is 2.11. The first-order valence-corrected chi connectivity index (χ1v) is 8.31. The number of alkyl carbamates (subject to hydrolysis) is 1. The summed E-state index contributed by atoms with van der Waals surface area (Å²) in [7, 11) is 0. The van der Waals surface area contributed by atoms with E-state index in [2.05, 4.69) is 5.32 Å². The molecule has 2 aromatic rings. The Balaban J connectivity index is 2.13. The van der Waals surface area contributed by atoms with E-state index in [1.165, 1.54) is 0 Å². The van der Waals surface area contributed by atoms with Gasteiger partial charge in [0.05, 0.1) is 0 Å². The van der Waals surface area contributed by atoms with Gasteiger partial charge < -0.3 is 9.47 Å². The van der Waals surface area contributed by atoms with Crippen molar-refractivity contribution in [3.8, 4) is 0 Å². The third kappa shape index (κ3) is 6.81. The number of amides is 1. The van der Waals surface area contributed by atoms with E-state index >= 15 is 0 Å². The molecule has 0 atom stereocenters. The number of esters is 1. The van der Waals surface area contributed by atoms with E-state index in [1.807, 2.05) is 60.7 Å². The number of hydrogen-bond acceptors (Lipinski definition) is 4. The van der Waals surface area contributed by atoms with Gasteiger partial charge >= 0.3 is 12.1 Å². The lowest BCUT2D eigenvalue weighted by molar-refractivity contribution is -0.140. The summed E-state index contributed by atoms with van der Waals surface area (Å²) in [6, 6.07) is 18.5. The molecule has 2 aromatic carbocycles. The van der Waals surface area contributed by atoms with Crippen LogP contribution >= 0.6 is 0 Å². The first-order chi connectivity index (χ1) is 12.3. The Morgan fingerprint density at radius 2 is 1.54 bits per heavy atom. The van der Waals surface area contributed by atoms with Crippen LogP contribution in [-0.2, 0) is 20.9 Å². The van der Waals surface area contributed by atoms with Gasteiger partial charge in [-0.25, -0.2) is 9.59 Å². The lowest BCUT2D eigenvalue weighted by Gasteiger charge is -2.20. The summed E-state index contributed by atoms with van der Waals surface area (Å²) in [5, 5.41) is 2.48. The molecule has 5 heteroatoms. The van der Waals surface area contributed by atoms with Crippen molar-refractivity contribution in [1.29, 1.82) is 0 Å². The first-order valence-electron chi connectivity index (χ1n) is 8.31. The maximum Gasteiger partial charge on any atom is 0.412 e. The van der Waals surface area contributed by atoms with Gasteiger partial charge in [-0.2, -0.15) is 0 Å². The number of rotatable bonds is 5. The average Bonchev–Trinajstić information content (AvgIpc) is 2.59. The van der Waals surface area contributed by atoms with Gasteiger partial charge in [0.1, 0.15) is 17.9 Å². The van der Waals surface area contributed by atoms with Crippen molar-refractivity contribution < 1.29 is 19.1 Å². The Bertz CT molecular complexity index is 762. The lowest BCUT2D eigenvalue weighted by Crippen LogP contribution is -2.34. The van der Waals surface area contributed by atoms with Crippen molar-refractivity contribution in [2.75, 3.05) is 0 Å². The molecular weight excluding hydrogens is 330 g/mol. The maximum absolute atomic E-state index is 12.5. The molecule has 136 valence electrons. The second kappa shape index (κ2) is 8.85. The van der Waals surface area contributed by atoms with Crippen LogP contribution < -0.4 is 5.32 Å². The van der Waals surface area contributed by atoms with E-state index in [1.54, 1.807) is 26.8 Å². The van der Waals surface area contributed by atoms with Crippen LogP contribution in [0, 0.1) is 0 Å². The molecule has 1 N–H and O–H groups in total. The molecule has 0 fully saturated rings. The molecule has 0 saturated heterocycles. The van der Waals surface area contributed by atoms with E-state index < -0.39 is 17.7 Å². The maximum atomic E-state index is 12.5. The van der Waals surface area contributed by atoms with Crippen LogP contribution in [0.5, 0.6) is 0 Å². The van der Waals surface area contributed by atoms with E-state index in [9.17, 15) is 9.59 Å². The van der Waals surface area contributed by atoms with Crippen molar-refractivity contribution in [2.24, 2.45) is 0 Å². The highest BCUT2D eigenvalue weighted by Gasteiger charge is 2.20. The smallest absolute Gasteiger partial charge is 0.412 e. The van der Waals surface area contributed by atoms with Gasteiger partial charge in [0, 0.05) is 0 Å². The van der Waals surface area contributed by atoms with Crippen molar-refractivity contribution >= 4 is 18.1 Å². The predicted octanol–water partition coefficient (Wildman–Crippen LogP) is 4.30. The number of nitrogens with one attached hydrogen (secondary N) is 1. The molecule has 0 heterocycles. The first kappa shape index (κ1) is 19.2. The molecule has 0 spiro atoms. The number of ether oxygens (including phenoxy) is 2. The van der Waals surface area contributed by atoms with E-state index in [0.717, 1.165) is 11.1 Å². The largest absolute Gasteiger partial charge is 0.456 e. The van der Waals surface area contributed by atoms with Gasteiger partial charge in [0.15, 0.2) is 0 Å². The van der Waals surface area contributed by atoms with Crippen molar-refractivity contribution in [3.63, 3.8) is 0 Å². The average molecular weight is 353 g/mol. The molecule has 0 aliphatic heterocycles. The standard InChI is InChI=1S/C21H23NO4/c1-21(2,3)26-20(24)22-18(14-16-10-6-4-7-11-16)19(23)25-15-17-12-8-5-9-13-17/h4-14H,15H2,1-3H3,(H,22,24)/b18-14-. The molecule has 0 bridgehead atoms. The zero-order valence-corrected chi connectivity index (χ0v) is 15.2. The molecule has 0 aliphatic carbocycles. The van der Waals surface area contributed by atoms with Crippen LogP contribution in [-0.4, -0.2) is 17.7 Å². The fourth-order valence-corrected chi connectivity index (χ4v) is 2.08. The second-order valence-electron chi connectivity index (χ2n) is 6.66. The SMILES string of the molecule is CC(C)(C)OC(=O)N/C(=C\c1ccccc1)C(=O)OCc1ccccc1. The van der Waals surface area contributed by atoms with E-state index in [4.69, 9.17) is 9.47 Å². The van der Waals surface area contributed by atoms with Gasteiger partial charge in [-0.15, -0.1) is 0 Å². The molecule has 5 nitrogen and oxygen atoms in total. The van der Waals surface area contributed by atoms with Crippen LogP contribution in [0.2, 0.25) is 0 Å². The highest BCUT2D eigenvalue weighted by molar-refractivity contribution is 5.96. The summed E-state index contributed by atoms with van der Waals surface area (Å²) < 4.78 is 10.5. The minimum Gasteiger partial charge on any atom is -0.456 e. The Hall–Kier alpha value is -3.08. The molecule has 0 saturated carbocycles.